The highest BCUT2D eigenvalue weighted by molar-refractivity contribution is 5.93. The van der Waals surface area contributed by atoms with Gasteiger partial charge in [0.1, 0.15) is 0 Å². The Bertz CT molecular complexity index is 611. The monoisotopic (exact) mass is 288 g/mol. The van der Waals surface area contributed by atoms with E-state index in [1.807, 2.05) is 30.3 Å². The van der Waals surface area contributed by atoms with Crippen LogP contribution in [0.15, 0.2) is 40.9 Å². The van der Waals surface area contributed by atoms with Gasteiger partial charge in [-0.25, -0.2) is 0 Å². The number of morpholine rings is 1. The van der Waals surface area contributed by atoms with Crippen LogP contribution in [0.5, 0.6) is 0 Å². The van der Waals surface area contributed by atoms with E-state index in [4.69, 9.17) is 9.26 Å². The third-order valence-corrected chi connectivity index (χ3v) is 3.49. The quantitative estimate of drug-likeness (QED) is 0.917. The number of aliphatic hydroxyl groups is 1. The molecule has 6 heteroatoms. The number of amides is 1. The van der Waals surface area contributed by atoms with Crippen molar-refractivity contribution in [2.45, 2.75) is 6.04 Å². The van der Waals surface area contributed by atoms with Gasteiger partial charge < -0.3 is 19.3 Å². The summed E-state index contributed by atoms with van der Waals surface area (Å²) >= 11 is 0. The average Bonchev–Trinajstić information content (AvgIpc) is 3.05. The van der Waals surface area contributed by atoms with Crippen molar-refractivity contribution in [2.24, 2.45) is 0 Å². The Labute approximate surface area is 121 Å². The van der Waals surface area contributed by atoms with Gasteiger partial charge in [-0.2, -0.15) is 0 Å². The summed E-state index contributed by atoms with van der Waals surface area (Å²) in [6.07, 6.45) is 0. The van der Waals surface area contributed by atoms with E-state index in [2.05, 4.69) is 5.16 Å². The maximum atomic E-state index is 12.5. The second-order valence-electron chi connectivity index (χ2n) is 4.85. The number of carbonyl (C=O) groups excluding carboxylic acids is 1. The van der Waals surface area contributed by atoms with Crippen LogP contribution in [0.1, 0.15) is 10.5 Å². The molecule has 1 fully saturated rings. The molecule has 6 nitrogen and oxygen atoms in total. The van der Waals surface area contributed by atoms with Crippen molar-refractivity contribution in [3.63, 3.8) is 0 Å². The van der Waals surface area contributed by atoms with E-state index < -0.39 is 0 Å². The lowest BCUT2D eigenvalue weighted by Crippen LogP contribution is -2.50. The molecule has 1 aliphatic rings. The second-order valence-corrected chi connectivity index (χ2v) is 4.85. The van der Waals surface area contributed by atoms with Gasteiger partial charge in [0.15, 0.2) is 11.5 Å². The van der Waals surface area contributed by atoms with Gasteiger partial charge in [0.05, 0.1) is 25.9 Å². The molecule has 2 heterocycles. The van der Waals surface area contributed by atoms with E-state index >= 15 is 0 Å². The predicted octanol–water partition coefficient (Wildman–Crippen LogP) is 1.17. The minimum atomic E-state index is -0.330. The molecule has 0 saturated carbocycles. The second kappa shape index (κ2) is 6.07. The van der Waals surface area contributed by atoms with Gasteiger partial charge in [0.25, 0.3) is 5.91 Å². The lowest BCUT2D eigenvalue weighted by atomic mass is 10.1. The minimum Gasteiger partial charge on any atom is -0.394 e. The molecule has 0 spiro atoms. The first-order valence-electron chi connectivity index (χ1n) is 6.81. The predicted molar refractivity (Wildman–Crippen MR) is 74.7 cm³/mol. The Balaban J connectivity index is 1.81. The fourth-order valence-electron chi connectivity index (χ4n) is 2.34. The van der Waals surface area contributed by atoms with E-state index in [9.17, 15) is 9.90 Å². The zero-order chi connectivity index (χ0) is 14.7. The molecule has 21 heavy (non-hydrogen) atoms. The molecule has 1 saturated heterocycles. The van der Waals surface area contributed by atoms with Crippen LogP contribution in [0, 0.1) is 0 Å². The van der Waals surface area contributed by atoms with Crippen molar-refractivity contribution < 1.29 is 19.2 Å². The molecular formula is C15H16N2O4. The van der Waals surface area contributed by atoms with Crippen molar-refractivity contribution in [3.05, 3.63) is 42.1 Å². The molecule has 2 aromatic rings. The fraction of sp³-hybridized carbons (Fsp3) is 0.333. The topological polar surface area (TPSA) is 75.8 Å². The molecule has 0 aliphatic carbocycles. The summed E-state index contributed by atoms with van der Waals surface area (Å²) in [5.41, 5.74) is 1.11. The van der Waals surface area contributed by atoms with Crippen LogP contribution in [0.2, 0.25) is 0 Å². The van der Waals surface area contributed by atoms with E-state index in [1.54, 1.807) is 11.0 Å². The third kappa shape index (κ3) is 2.81. The van der Waals surface area contributed by atoms with E-state index in [0.717, 1.165) is 5.56 Å². The van der Waals surface area contributed by atoms with Crippen LogP contribution in [-0.4, -0.2) is 53.5 Å². The Morgan fingerprint density at radius 1 is 1.38 bits per heavy atom. The maximum Gasteiger partial charge on any atom is 0.276 e. The summed E-state index contributed by atoms with van der Waals surface area (Å²) in [4.78, 5) is 14.0. The summed E-state index contributed by atoms with van der Waals surface area (Å²) in [7, 11) is 0. The Morgan fingerprint density at radius 3 is 2.95 bits per heavy atom. The summed E-state index contributed by atoms with van der Waals surface area (Å²) in [5, 5.41) is 13.2. The highest BCUT2D eigenvalue weighted by Crippen LogP contribution is 2.21. The van der Waals surface area contributed by atoms with Crippen LogP contribution in [0.3, 0.4) is 0 Å². The number of hydrogen-bond acceptors (Lipinski definition) is 5. The first-order valence-corrected chi connectivity index (χ1v) is 6.81. The van der Waals surface area contributed by atoms with Crippen molar-refractivity contribution in [2.75, 3.05) is 26.4 Å². The summed E-state index contributed by atoms with van der Waals surface area (Å²) in [6.45, 7) is 1.12. The zero-order valence-electron chi connectivity index (χ0n) is 11.4. The summed E-state index contributed by atoms with van der Waals surface area (Å²) in [6, 6.07) is 10.8. The Morgan fingerprint density at radius 2 is 2.19 bits per heavy atom. The molecule has 110 valence electrons. The highest BCUT2D eigenvalue weighted by Gasteiger charge is 2.29. The number of hydrogen-bond donors (Lipinski definition) is 1. The number of rotatable bonds is 3. The average molecular weight is 288 g/mol. The number of nitrogens with zero attached hydrogens (tertiary/aromatic N) is 2. The first-order chi connectivity index (χ1) is 10.3. The SMILES string of the molecule is O=C(c1cc(-c2ccccc2)on1)N1CCOCC1CO. The molecule has 1 aliphatic heterocycles. The van der Waals surface area contributed by atoms with Crippen LogP contribution >= 0.6 is 0 Å². The van der Waals surface area contributed by atoms with Gasteiger partial charge in [-0.05, 0) is 0 Å². The van der Waals surface area contributed by atoms with Gasteiger partial charge in [-0.1, -0.05) is 35.5 Å². The number of ether oxygens (including phenoxy) is 1. The van der Waals surface area contributed by atoms with E-state index in [1.165, 1.54) is 0 Å². The standard InChI is InChI=1S/C15H16N2O4/c18-9-12-10-20-7-6-17(12)15(19)13-8-14(21-16-13)11-4-2-1-3-5-11/h1-5,8,12,18H,6-7,9-10H2. The first kappa shape index (κ1) is 13.8. The molecule has 1 unspecified atom stereocenters. The van der Waals surface area contributed by atoms with E-state index in [0.29, 0.717) is 25.5 Å². The van der Waals surface area contributed by atoms with E-state index in [-0.39, 0.29) is 24.2 Å². The molecule has 1 aromatic carbocycles. The molecule has 1 aromatic heterocycles. The van der Waals surface area contributed by atoms with Gasteiger partial charge in [-0.15, -0.1) is 0 Å². The summed E-state index contributed by atoms with van der Waals surface area (Å²) in [5.74, 6) is 0.302. The van der Waals surface area contributed by atoms with Crippen LogP contribution in [0.25, 0.3) is 11.3 Å². The molecule has 0 bridgehead atoms. The molecule has 3 rings (SSSR count). The number of aliphatic hydroxyl groups excluding tert-OH is 1. The van der Waals surface area contributed by atoms with Crippen molar-refractivity contribution in [3.8, 4) is 11.3 Å². The van der Waals surface area contributed by atoms with Crippen LogP contribution < -0.4 is 0 Å². The van der Waals surface area contributed by atoms with Crippen molar-refractivity contribution >= 4 is 5.91 Å². The van der Waals surface area contributed by atoms with Gasteiger partial charge in [0, 0.05) is 18.2 Å². The lowest BCUT2D eigenvalue weighted by molar-refractivity contribution is -0.0188. The number of benzene rings is 1. The third-order valence-electron chi connectivity index (χ3n) is 3.49. The van der Waals surface area contributed by atoms with Gasteiger partial charge in [-0.3, -0.25) is 4.79 Å². The molecule has 1 N–H and O–H groups in total. The largest absolute Gasteiger partial charge is 0.394 e. The summed E-state index contributed by atoms with van der Waals surface area (Å²) < 4.78 is 10.5. The van der Waals surface area contributed by atoms with Crippen LogP contribution in [-0.2, 0) is 4.74 Å². The van der Waals surface area contributed by atoms with Gasteiger partial charge >= 0.3 is 0 Å². The highest BCUT2D eigenvalue weighted by atomic mass is 16.5. The fourth-order valence-corrected chi connectivity index (χ4v) is 2.34. The normalized spacial score (nSPS) is 18.7. The minimum absolute atomic E-state index is 0.130. The Hall–Kier alpha value is -2.18. The van der Waals surface area contributed by atoms with Crippen LogP contribution in [0.4, 0.5) is 0 Å². The number of carbonyl (C=O) groups is 1. The zero-order valence-corrected chi connectivity index (χ0v) is 11.4. The van der Waals surface area contributed by atoms with Crippen molar-refractivity contribution in [1.29, 1.82) is 0 Å². The Kier molecular flexibility index (Phi) is 3.98. The maximum absolute atomic E-state index is 12.5. The number of aromatic nitrogens is 1. The van der Waals surface area contributed by atoms with Crippen molar-refractivity contribution in [1.82, 2.24) is 10.1 Å². The molecular weight excluding hydrogens is 272 g/mol. The lowest BCUT2D eigenvalue weighted by Gasteiger charge is -2.33. The molecule has 0 radical (unpaired) electrons. The smallest absolute Gasteiger partial charge is 0.276 e. The molecule has 1 atom stereocenters. The molecule has 1 amide bonds. The van der Waals surface area contributed by atoms with Gasteiger partial charge in [0.2, 0.25) is 0 Å².